The van der Waals surface area contributed by atoms with E-state index in [-0.39, 0.29) is 18.6 Å². The third-order valence-electron chi connectivity index (χ3n) is 6.87. The second-order valence-corrected chi connectivity index (χ2v) is 8.82. The second-order valence-electron chi connectivity index (χ2n) is 8.82. The zero-order valence-corrected chi connectivity index (χ0v) is 17.5. The van der Waals surface area contributed by atoms with Gasteiger partial charge in [0.1, 0.15) is 5.69 Å². The first-order chi connectivity index (χ1) is 15.1. The van der Waals surface area contributed by atoms with Gasteiger partial charge in [-0.2, -0.15) is 0 Å². The predicted molar refractivity (Wildman–Crippen MR) is 116 cm³/mol. The fourth-order valence-corrected chi connectivity index (χ4v) is 5.41. The first-order valence-electron chi connectivity index (χ1n) is 11.0. The van der Waals surface area contributed by atoms with Gasteiger partial charge < -0.3 is 14.5 Å². The van der Waals surface area contributed by atoms with Crippen molar-refractivity contribution >= 4 is 22.8 Å². The highest BCUT2D eigenvalue weighted by Crippen LogP contribution is 2.49. The molecule has 0 aliphatic heterocycles. The molecular formula is C25H26N2O4. The maximum Gasteiger partial charge on any atom is 0.339 e. The predicted octanol–water partition coefficient (Wildman–Crippen LogP) is 4.59. The van der Waals surface area contributed by atoms with Gasteiger partial charge in [0.2, 0.25) is 0 Å². The summed E-state index contributed by atoms with van der Waals surface area (Å²) in [6.45, 7) is 1.77. The number of esters is 1. The molecule has 1 amide bonds. The molecule has 160 valence electrons. The maximum atomic E-state index is 12.9. The Labute approximate surface area is 181 Å². The van der Waals surface area contributed by atoms with E-state index in [0.29, 0.717) is 33.8 Å². The zero-order valence-electron chi connectivity index (χ0n) is 17.5. The van der Waals surface area contributed by atoms with Crippen molar-refractivity contribution in [1.29, 1.82) is 0 Å². The molecule has 31 heavy (non-hydrogen) atoms. The van der Waals surface area contributed by atoms with Gasteiger partial charge in [-0.15, -0.1) is 0 Å². The minimum Gasteiger partial charge on any atom is -0.463 e. The fraction of sp³-hybridized carbons (Fsp3) is 0.400. The van der Waals surface area contributed by atoms with Crippen LogP contribution >= 0.6 is 0 Å². The van der Waals surface area contributed by atoms with Gasteiger partial charge in [-0.05, 0) is 68.2 Å². The van der Waals surface area contributed by atoms with Crippen LogP contribution in [-0.2, 0) is 9.53 Å². The number of aromatic nitrogens is 1. The number of nitrogens with zero attached hydrogens (tertiary/aromatic N) is 1. The fourth-order valence-electron chi connectivity index (χ4n) is 5.41. The molecule has 1 N–H and O–H groups in total. The summed E-state index contributed by atoms with van der Waals surface area (Å²) < 4.78 is 10.8. The lowest BCUT2D eigenvalue weighted by Gasteiger charge is -2.28. The standard InChI is InChI=1S/C25H26N2O4/c1-15(19-12-16-8-9-17(19)11-16)26-24(28)14-31-25(29)20-13-22(23-7-4-10-30-23)27-21-6-3-2-5-18(20)21/h2-7,10,13,15-17,19H,8-9,11-12,14H2,1H3,(H,26,28)/t15-,16-,17-,19+/m0/s1. The van der Waals surface area contributed by atoms with Gasteiger partial charge in [-0.3, -0.25) is 4.79 Å². The van der Waals surface area contributed by atoms with Crippen molar-refractivity contribution in [2.24, 2.45) is 17.8 Å². The molecule has 0 spiro atoms. The van der Waals surface area contributed by atoms with E-state index in [1.807, 2.05) is 24.3 Å². The van der Waals surface area contributed by atoms with Crippen LogP contribution in [0.3, 0.4) is 0 Å². The minimum absolute atomic E-state index is 0.105. The van der Waals surface area contributed by atoms with Gasteiger partial charge >= 0.3 is 5.97 Å². The summed E-state index contributed by atoms with van der Waals surface area (Å²) in [6, 6.07) is 12.7. The molecule has 0 radical (unpaired) electrons. The molecule has 2 saturated carbocycles. The number of para-hydroxylation sites is 1. The summed E-state index contributed by atoms with van der Waals surface area (Å²) in [6.07, 6.45) is 6.67. The Balaban J connectivity index is 1.27. The lowest BCUT2D eigenvalue weighted by atomic mass is 9.84. The van der Waals surface area contributed by atoms with Crippen LogP contribution in [0.5, 0.6) is 0 Å². The van der Waals surface area contributed by atoms with Gasteiger partial charge in [0.05, 0.1) is 17.3 Å². The molecule has 2 aromatic heterocycles. The lowest BCUT2D eigenvalue weighted by Crippen LogP contribution is -2.42. The number of carbonyl (C=O) groups excluding carboxylic acids is 2. The average Bonchev–Trinajstić information content (AvgIpc) is 3.55. The SMILES string of the molecule is C[C@H](NC(=O)COC(=O)c1cc(-c2ccco2)nc2ccccc12)[C@H]1C[C@H]2CC[C@H]1C2. The topological polar surface area (TPSA) is 81.4 Å². The smallest absolute Gasteiger partial charge is 0.339 e. The van der Waals surface area contributed by atoms with Crippen LogP contribution < -0.4 is 5.32 Å². The minimum atomic E-state index is -0.547. The van der Waals surface area contributed by atoms with Crippen molar-refractivity contribution in [3.05, 3.63) is 54.3 Å². The Morgan fingerprint density at radius 2 is 2.06 bits per heavy atom. The Hall–Kier alpha value is -3.15. The van der Waals surface area contributed by atoms with Crippen molar-refractivity contribution in [3.8, 4) is 11.5 Å². The van der Waals surface area contributed by atoms with E-state index in [1.54, 1.807) is 24.5 Å². The highest BCUT2D eigenvalue weighted by molar-refractivity contribution is 6.05. The quantitative estimate of drug-likeness (QED) is 0.592. The largest absolute Gasteiger partial charge is 0.463 e. The Bertz CT molecular complexity index is 1110. The maximum absolute atomic E-state index is 12.9. The van der Waals surface area contributed by atoms with E-state index < -0.39 is 5.97 Å². The first kappa shape index (κ1) is 19.8. The monoisotopic (exact) mass is 418 g/mol. The second kappa shape index (κ2) is 8.17. The number of fused-ring (bicyclic) bond motifs is 3. The zero-order chi connectivity index (χ0) is 21.4. The summed E-state index contributed by atoms with van der Waals surface area (Å²) in [7, 11) is 0. The summed E-state index contributed by atoms with van der Waals surface area (Å²) >= 11 is 0. The van der Waals surface area contributed by atoms with E-state index >= 15 is 0 Å². The van der Waals surface area contributed by atoms with Crippen LogP contribution in [0, 0.1) is 17.8 Å². The van der Waals surface area contributed by atoms with E-state index in [2.05, 4.69) is 17.2 Å². The third-order valence-corrected chi connectivity index (χ3v) is 6.87. The van der Waals surface area contributed by atoms with Crippen LogP contribution in [0.2, 0.25) is 0 Å². The van der Waals surface area contributed by atoms with Gasteiger partial charge in [0, 0.05) is 11.4 Å². The molecule has 5 rings (SSSR count). The molecule has 2 aliphatic carbocycles. The third kappa shape index (κ3) is 3.94. The molecule has 6 nitrogen and oxygen atoms in total. The Kier molecular flexibility index (Phi) is 5.22. The van der Waals surface area contributed by atoms with E-state index in [1.165, 1.54) is 25.7 Å². The van der Waals surface area contributed by atoms with E-state index in [4.69, 9.17) is 9.15 Å². The molecule has 6 heteroatoms. The van der Waals surface area contributed by atoms with Crippen LogP contribution in [0.15, 0.2) is 53.1 Å². The molecule has 0 unspecified atom stereocenters. The number of pyridine rings is 1. The van der Waals surface area contributed by atoms with Crippen molar-refractivity contribution in [3.63, 3.8) is 0 Å². The highest BCUT2D eigenvalue weighted by Gasteiger charge is 2.42. The summed E-state index contributed by atoms with van der Waals surface area (Å²) in [5.74, 6) is 1.86. The van der Waals surface area contributed by atoms with Gasteiger partial charge in [-0.1, -0.05) is 24.6 Å². The molecule has 1 aromatic carbocycles. The van der Waals surface area contributed by atoms with Crippen LogP contribution in [0.1, 0.15) is 43.0 Å². The molecule has 2 bridgehead atoms. The lowest BCUT2D eigenvalue weighted by molar-refractivity contribution is -0.125. The van der Waals surface area contributed by atoms with Crippen LogP contribution in [0.4, 0.5) is 0 Å². The van der Waals surface area contributed by atoms with Crippen molar-refractivity contribution in [2.75, 3.05) is 6.61 Å². The molecule has 4 atom stereocenters. The number of rotatable bonds is 6. The Morgan fingerprint density at radius 3 is 2.81 bits per heavy atom. The highest BCUT2D eigenvalue weighted by atomic mass is 16.5. The van der Waals surface area contributed by atoms with Gasteiger partial charge in [0.25, 0.3) is 5.91 Å². The number of benzene rings is 1. The molecular weight excluding hydrogens is 392 g/mol. The number of nitrogens with one attached hydrogen (secondary N) is 1. The first-order valence-corrected chi connectivity index (χ1v) is 11.0. The van der Waals surface area contributed by atoms with E-state index in [9.17, 15) is 9.59 Å². The normalized spacial score (nSPS) is 23.1. The number of ether oxygens (including phenoxy) is 1. The van der Waals surface area contributed by atoms with Crippen LogP contribution in [0.25, 0.3) is 22.4 Å². The van der Waals surface area contributed by atoms with E-state index in [0.717, 1.165) is 11.8 Å². The molecule has 2 aliphatic rings. The molecule has 0 saturated heterocycles. The number of hydrogen-bond donors (Lipinski definition) is 1. The van der Waals surface area contributed by atoms with Gasteiger partial charge in [0.15, 0.2) is 12.4 Å². The van der Waals surface area contributed by atoms with Crippen molar-refractivity contribution < 1.29 is 18.7 Å². The average molecular weight is 418 g/mol. The summed E-state index contributed by atoms with van der Waals surface area (Å²) in [4.78, 5) is 29.9. The number of carbonyl (C=O) groups is 2. The van der Waals surface area contributed by atoms with Crippen LogP contribution in [-0.4, -0.2) is 29.5 Å². The molecule has 3 aromatic rings. The van der Waals surface area contributed by atoms with Gasteiger partial charge in [-0.25, -0.2) is 9.78 Å². The number of hydrogen-bond acceptors (Lipinski definition) is 5. The van der Waals surface area contributed by atoms with Crippen molar-refractivity contribution in [1.82, 2.24) is 10.3 Å². The summed E-state index contributed by atoms with van der Waals surface area (Å²) in [5, 5.41) is 3.72. The number of furan rings is 1. The molecule has 2 heterocycles. The Morgan fingerprint density at radius 1 is 1.19 bits per heavy atom. The molecule has 2 fully saturated rings. The van der Waals surface area contributed by atoms with Crippen molar-refractivity contribution in [2.45, 2.75) is 38.6 Å². The number of amides is 1. The summed E-state index contributed by atoms with van der Waals surface area (Å²) in [5.41, 5.74) is 1.58.